The minimum atomic E-state index is -0.543. The number of nitro groups is 1. The Morgan fingerprint density at radius 2 is 1.74 bits per heavy atom. The number of amides is 1. The first-order valence-electron chi connectivity index (χ1n) is 8.70. The monoisotopic (exact) mass is 390 g/mol. The normalized spacial score (nSPS) is 10.9. The lowest BCUT2D eigenvalue weighted by atomic mass is 9.92. The number of ether oxygens (including phenoxy) is 1. The zero-order chi connectivity index (χ0) is 20.1. The lowest BCUT2D eigenvalue weighted by Gasteiger charge is -2.20. The van der Waals surface area contributed by atoms with Crippen LogP contribution >= 0.6 is 11.6 Å². The first-order chi connectivity index (χ1) is 12.7. The van der Waals surface area contributed by atoms with Crippen molar-refractivity contribution in [3.05, 3.63) is 62.7 Å². The van der Waals surface area contributed by atoms with Gasteiger partial charge in [-0.05, 0) is 29.0 Å². The van der Waals surface area contributed by atoms with Gasteiger partial charge in [-0.1, -0.05) is 57.5 Å². The second kappa shape index (κ2) is 8.86. The van der Waals surface area contributed by atoms with Crippen LogP contribution in [0.15, 0.2) is 36.4 Å². The topological polar surface area (TPSA) is 81.5 Å². The number of nitrogens with one attached hydrogen (secondary N) is 1. The highest BCUT2D eigenvalue weighted by molar-refractivity contribution is 6.32. The number of anilines is 1. The number of hydrogen-bond acceptors (Lipinski definition) is 4. The first kappa shape index (κ1) is 20.7. The van der Waals surface area contributed by atoms with Crippen molar-refractivity contribution in [2.24, 2.45) is 0 Å². The molecule has 0 saturated heterocycles. The number of carbonyl (C=O) groups excluding carboxylic acids is 1. The predicted molar refractivity (Wildman–Crippen MR) is 107 cm³/mol. The fourth-order valence-electron chi connectivity index (χ4n) is 2.73. The van der Waals surface area contributed by atoms with Crippen molar-refractivity contribution >= 4 is 28.9 Å². The molecule has 0 spiro atoms. The number of nitro benzene ring substituents is 1. The molecule has 0 aliphatic rings. The Bertz CT molecular complexity index is 824. The molecule has 0 aromatic heterocycles. The summed E-state index contributed by atoms with van der Waals surface area (Å²) in [6, 6.07) is 9.85. The van der Waals surface area contributed by atoms with E-state index in [-0.39, 0.29) is 40.8 Å². The summed E-state index contributed by atoms with van der Waals surface area (Å²) in [5.41, 5.74) is 2.79. The maximum Gasteiger partial charge on any atom is 0.271 e. The van der Waals surface area contributed by atoms with E-state index in [9.17, 15) is 14.9 Å². The minimum Gasteiger partial charge on any atom is -0.482 e. The average molecular weight is 391 g/mol. The van der Waals surface area contributed by atoms with E-state index in [1.165, 1.54) is 18.2 Å². The molecule has 0 aliphatic heterocycles. The van der Waals surface area contributed by atoms with Crippen LogP contribution in [0.25, 0.3) is 0 Å². The van der Waals surface area contributed by atoms with Crippen LogP contribution in [-0.2, 0) is 4.79 Å². The molecule has 0 aliphatic carbocycles. The largest absolute Gasteiger partial charge is 0.482 e. The van der Waals surface area contributed by atoms with E-state index in [0.29, 0.717) is 0 Å². The van der Waals surface area contributed by atoms with Crippen LogP contribution in [0.4, 0.5) is 11.4 Å². The van der Waals surface area contributed by atoms with E-state index >= 15 is 0 Å². The van der Waals surface area contributed by atoms with Gasteiger partial charge in [0.2, 0.25) is 0 Å². The second-order valence-corrected chi connectivity index (χ2v) is 7.24. The molecular weight excluding hydrogens is 368 g/mol. The summed E-state index contributed by atoms with van der Waals surface area (Å²) in [4.78, 5) is 22.6. The molecule has 0 unspecified atom stereocenters. The number of halogens is 1. The molecule has 27 heavy (non-hydrogen) atoms. The second-order valence-electron chi connectivity index (χ2n) is 6.83. The van der Waals surface area contributed by atoms with Crippen molar-refractivity contribution in [1.82, 2.24) is 0 Å². The van der Waals surface area contributed by atoms with Gasteiger partial charge in [-0.2, -0.15) is 0 Å². The van der Waals surface area contributed by atoms with E-state index in [1.54, 1.807) is 0 Å². The number of nitrogens with zero attached hydrogens (tertiary/aromatic N) is 1. The van der Waals surface area contributed by atoms with Crippen molar-refractivity contribution in [3.63, 3.8) is 0 Å². The van der Waals surface area contributed by atoms with Crippen LogP contribution in [0.3, 0.4) is 0 Å². The van der Waals surface area contributed by atoms with Crippen LogP contribution < -0.4 is 10.1 Å². The Kier molecular flexibility index (Phi) is 6.80. The van der Waals surface area contributed by atoms with Gasteiger partial charge in [-0.3, -0.25) is 14.9 Å². The first-order valence-corrected chi connectivity index (χ1v) is 9.07. The fourth-order valence-corrected chi connectivity index (χ4v) is 2.96. The third kappa shape index (κ3) is 5.20. The lowest BCUT2D eigenvalue weighted by Crippen LogP contribution is -2.22. The SMILES string of the molecule is CC(C)c1cccc(C(C)C)c1NC(=O)COc1ccc([N+](=O)[O-])cc1Cl. The Labute approximate surface area is 163 Å². The minimum absolute atomic E-state index is 0.0856. The van der Waals surface area contributed by atoms with Gasteiger partial charge in [0.15, 0.2) is 6.61 Å². The Hall–Kier alpha value is -2.60. The zero-order valence-corrected chi connectivity index (χ0v) is 16.5. The predicted octanol–water partition coefficient (Wildman–Crippen LogP) is 5.51. The molecule has 0 fully saturated rings. The highest BCUT2D eigenvalue weighted by Gasteiger charge is 2.17. The van der Waals surface area contributed by atoms with Gasteiger partial charge in [0.05, 0.1) is 9.95 Å². The highest BCUT2D eigenvalue weighted by atomic mass is 35.5. The summed E-state index contributed by atoms with van der Waals surface area (Å²) in [6.45, 7) is 8.04. The maximum atomic E-state index is 12.4. The van der Waals surface area contributed by atoms with E-state index < -0.39 is 4.92 Å². The number of hydrogen-bond donors (Lipinski definition) is 1. The molecule has 144 valence electrons. The quantitative estimate of drug-likeness (QED) is 0.499. The van der Waals surface area contributed by atoms with Crippen LogP contribution in [0.5, 0.6) is 5.75 Å². The van der Waals surface area contributed by atoms with Gasteiger partial charge in [0.25, 0.3) is 11.6 Å². The molecule has 0 saturated carbocycles. The molecule has 0 atom stereocenters. The Morgan fingerprint density at radius 3 is 2.22 bits per heavy atom. The van der Waals surface area contributed by atoms with Crippen LogP contribution in [0.1, 0.15) is 50.7 Å². The van der Waals surface area contributed by atoms with Crippen molar-refractivity contribution in [2.45, 2.75) is 39.5 Å². The molecule has 0 radical (unpaired) electrons. The molecule has 7 heteroatoms. The molecule has 2 rings (SSSR count). The zero-order valence-electron chi connectivity index (χ0n) is 15.8. The summed E-state index contributed by atoms with van der Waals surface area (Å²) in [7, 11) is 0. The molecule has 0 bridgehead atoms. The van der Waals surface area contributed by atoms with E-state index in [2.05, 4.69) is 33.0 Å². The van der Waals surface area contributed by atoms with Crippen molar-refractivity contribution in [1.29, 1.82) is 0 Å². The van der Waals surface area contributed by atoms with Gasteiger partial charge in [-0.25, -0.2) is 0 Å². The van der Waals surface area contributed by atoms with Gasteiger partial charge in [0.1, 0.15) is 5.75 Å². The molecule has 6 nitrogen and oxygen atoms in total. The highest BCUT2D eigenvalue weighted by Crippen LogP contribution is 2.32. The molecular formula is C20H23ClN2O4. The Morgan fingerprint density at radius 1 is 1.15 bits per heavy atom. The van der Waals surface area contributed by atoms with Gasteiger partial charge in [-0.15, -0.1) is 0 Å². The summed E-state index contributed by atoms with van der Waals surface area (Å²) in [5, 5.41) is 13.8. The molecule has 2 aromatic carbocycles. The van der Waals surface area contributed by atoms with Crippen molar-refractivity contribution in [3.8, 4) is 5.75 Å². The number of carbonyl (C=O) groups is 1. The lowest BCUT2D eigenvalue weighted by molar-refractivity contribution is -0.384. The van der Waals surface area contributed by atoms with Gasteiger partial charge >= 0.3 is 0 Å². The Balaban J connectivity index is 2.14. The number of non-ortho nitro benzene ring substituents is 1. The summed E-state index contributed by atoms with van der Waals surface area (Å²) >= 11 is 5.99. The molecule has 1 N–H and O–H groups in total. The number of benzene rings is 2. The van der Waals surface area contributed by atoms with Crippen LogP contribution in [0.2, 0.25) is 5.02 Å². The number of para-hydroxylation sites is 1. The smallest absolute Gasteiger partial charge is 0.271 e. The van der Waals surface area contributed by atoms with E-state index in [1.807, 2.05) is 18.2 Å². The summed E-state index contributed by atoms with van der Waals surface area (Å²) < 4.78 is 5.44. The maximum absolute atomic E-state index is 12.4. The summed E-state index contributed by atoms with van der Waals surface area (Å²) in [5.74, 6) is 0.408. The van der Waals surface area contributed by atoms with E-state index in [0.717, 1.165) is 16.8 Å². The fraction of sp³-hybridized carbons (Fsp3) is 0.350. The third-order valence-corrected chi connectivity index (χ3v) is 4.42. The third-order valence-electron chi connectivity index (χ3n) is 4.12. The van der Waals surface area contributed by atoms with Crippen LogP contribution in [-0.4, -0.2) is 17.4 Å². The molecule has 1 amide bonds. The summed E-state index contributed by atoms with van der Waals surface area (Å²) in [6.07, 6.45) is 0. The molecule has 2 aromatic rings. The average Bonchev–Trinajstić information content (AvgIpc) is 2.60. The van der Waals surface area contributed by atoms with Crippen molar-refractivity contribution in [2.75, 3.05) is 11.9 Å². The standard InChI is InChI=1S/C20H23ClN2O4/c1-12(2)15-6-5-7-16(13(3)4)20(15)22-19(24)11-27-18-9-8-14(23(25)26)10-17(18)21/h5-10,12-13H,11H2,1-4H3,(H,22,24). The van der Waals surface area contributed by atoms with Gasteiger partial charge < -0.3 is 10.1 Å². The van der Waals surface area contributed by atoms with Crippen molar-refractivity contribution < 1.29 is 14.5 Å². The van der Waals surface area contributed by atoms with E-state index in [4.69, 9.17) is 16.3 Å². The van der Waals surface area contributed by atoms with Gasteiger partial charge in [0, 0.05) is 17.8 Å². The number of rotatable bonds is 7. The molecule has 0 heterocycles. The van der Waals surface area contributed by atoms with Crippen LogP contribution in [0, 0.1) is 10.1 Å².